The van der Waals surface area contributed by atoms with Crippen molar-refractivity contribution in [2.75, 3.05) is 0 Å². The number of nitrogens with one attached hydrogen (secondary N) is 3. The summed E-state index contributed by atoms with van der Waals surface area (Å²) in [5, 5.41) is 0. The van der Waals surface area contributed by atoms with Gasteiger partial charge in [0.1, 0.15) is 5.52 Å². The predicted octanol–water partition coefficient (Wildman–Crippen LogP) is 0.309. The van der Waals surface area contributed by atoms with Crippen LogP contribution in [0.1, 0.15) is 0 Å². The molecule has 2 rings (SSSR count). The Bertz CT molecular complexity index is 493. The summed E-state index contributed by atoms with van der Waals surface area (Å²) >= 11 is 4.73. The molecule has 2 heterocycles. The fourth-order valence-electron chi connectivity index (χ4n) is 0.867. The standard InChI is InChI=1S/C5H4N4OS/c10-4-2-3(7-1-6-2)8-5(11)9-4/h1H,(H3,6,7,8,9,10,11)/i5+1. The number of nitrogens with zero attached hydrogens (tertiary/aromatic N) is 1. The zero-order chi connectivity index (χ0) is 7.84. The van der Waals surface area contributed by atoms with E-state index in [-0.39, 0.29) is 10.3 Å². The summed E-state index contributed by atoms with van der Waals surface area (Å²) in [7, 11) is 0. The van der Waals surface area contributed by atoms with Crippen molar-refractivity contribution in [1.82, 2.24) is 19.9 Å². The molecule has 0 unspecified atom stereocenters. The van der Waals surface area contributed by atoms with Crippen molar-refractivity contribution >= 4 is 23.4 Å². The Morgan fingerprint density at radius 2 is 2.27 bits per heavy atom. The summed E-state index contributed by atoms with van der Waals surface area (Å²) < 4.78 is 0.287. The largest absolute Gasteiger partial charge is 0.339 e. The molecule has 0 aliphatic carbocycles. The van der Waals surface area contributed by atoms with Gasteiger partial charge in [0.05, 0.1) is 6.33 Å². The van der Waals surface area contributed by atoms with Gasteiger partial charge in [-0.15, -0.1) is 0 Å². The number of fused-ring (bicyclic) bond motifs is 1. The molecule has 11 heavy (non-hydrogen) atoms. The molecule has 0 saturated carbocycles. The Morgan fingerprint density at radius 1 is 1.45 bits per heavy atom. The quantitative estimate of drug-likeness (QED) is 0.496. The Labute approximate surface area is 65.5 Å². The SMILES string of the molecule is O=c1[nH][13c](=S)[nH]c2nc[nH]c12. The van der Waals surface area contributed by atoms with E-state index in [0.29, 0.717) is 11.2 Å². The van der Waals surface area contributed by atoms with Gasteiger partial charge in [-0.2, -0.15) is 0 Å². The van der Waals surface area contributed by atoms with Crippen LogP contribution in [0.25, 0.3) is 11.2 Å². The minimum Gasteiger partial charge on any atom is -0.339 e. The molecule has 0 atom stereocenters. The van der Waals surface area contributed by atoms with E-state index in [1.807, 2.05) is 0 Å². The molecule has 0 aliphatic rings. The van der Waals surface area contributed by atoms with E-state index in [0.717, 1.165) is 0 Å². The molecule has 56 valence electrons. The van der Waals surface area contributed by atoms with Crippen LogP contribution in [0.5, 0.6) is 0 Å². The number of H-pyrrole nitrogens is 3. The normalized spacial score (nSPS) is 10.5. The zero-order valence-electron chi connectivity index (χ0n) is 5.34. The molecule has 0 radical (unpaired) electrons. The highest BCUT2D eigenvalue weighted by Crippen LogP contribution is 1.95. The molecule has 2 aromatic heterocycles. The van der Waals surface area contributed by atoms with Crippen molar-refractivity contribution in [3.05, 3.63) is 21.5 Å². The Hall–Kier alpha value is -1.43. The van der Waals surface area contributed by atoms with E-state index in [2.05, 4.69) is 19.9 Å². The van der Waals surface area contributed by atoms with E-state index in [1.165, 1.54) is 6.33 Å². The fraction of sp³-hybridized carbons (Fsp3) is 0. The monoisotopic (exact) mass is 169 g/mol. The molecule has 0 aliphatic heterocycles. The molecule has 5 nitrogen and oxygen atoms in total. The third-order valence-corrected chi connectivity index (χ3v) is 1.53. The molecule has 0 saturated heterocycles. The molecule has 0 fully saturated rings. The van der Waals surface area contributed by atoms with Crippen molar-refractivity contribution in [3.8, 4) is 0 Å². The van der Waals surface area contributed by atoms with Crippen LogP contribution in [0.15, 0.2) is 11.1 Å². The van der Waals surface area contributed by atoms with Crippen LogP contribution in [0.2, 0.25) is 0 Å². The van der Waals surface area contributed by atoms with Crippen molar-refractivity contribution in [1.29, 1.82) is 0 Å². The molecule has 6 heteroatoms. The number of hydrogen-bond acceptors (Lipinski definition) is 3. The summed E-state index contributed by atoms with van der Waals surface area (Å²) in [6.07, 6.45) is 1.44. The topological polar surface area (TPSA) is 77.3 Å². The third-order valence-electron chi connectivity index (χ3n) is 1.33. The maximum atomic E-state index is 11.0. The van der Waals surface area contributed by atoms with Crippen molar-refractivity contribution in [2.45, 2.75) is 0 Å². The van der Waals surface area contributed by atoms with Gasteiger partial charge in [-0.25, -0.2) is 4.98 Å². The molecular formula is C5H4N4OS. The Kier molecular flexibility index (Phi) is 1.16. The van der Waals surface area contributed by atoms with E-state index in [9.17, 15) is 4.79 Å². The minimum absolute atomic E-state index is 0.249. The molecular weight excluding hydrogens is 165 g/mol. The Morgan fingerprint density at radius 3 is 3.09 bits per heavy atom. The van der Waals surface area contributed by atoms with Gasteiger partial charge in [0, 0.05) is 0 Å². The van der Waals surface area contributed by atoms with Crippen molar-refractivity contribution in [2.24, 2.45) is 0 Å². The lowest BCUT2D eigenvalue weighted by molar-refractivity contribution is 1.12. The molecule has 2 aromatic rings. The van der Waals surface area contributed by atoms with Gasteiger partial charge < -0.3 is 9.97 Å². The summed E-state index contributed by atoms with van der Waals surface area (Å²) in [4.78, 5) is 22.7. The average molecular weight is 169 g/mol. The first-order chi connectivity index (χ1) is 5.27. The highest BCUT2D eigenvalue weighted by molar-refractivity contribution is 7.71. The lowest BCUT2D eigenvalue weighted by atomic mass is 10.6. The van der Waals surface area contributed by atoms with Gasteiger partial charge in [-0.05, 0) is 12.2 Å². The lowest BCUT2D eigenvalue weighted by Gasteiger charge is -1.85. The van der Waals surface area contributed by atoms with Gasteiger partial charge in [0.15, 0.2) is 10.4 Å². The minimum atomic E-state index is -0.249. The van der Waals surface area contributed by atoms with Crippen LogP contribution in [-0.2, 0) is 0 Å². The molecule has 0 amide bonds. The summed E-state index contributed by atoms with van der Waals surface area (Å²) in [5.74, 6) is 0. The molecule has 3 N–H and O–H groups in total. The number of hydrogen-bond donors (Lipinski definition) is 3. The van der Waals surface area contributed by atoms with E-state index >= 15 is 0 Å². The first kappa shape index (κ1) is 6.29. The average Bonchev–Trinajstić information content (AvgIpc) is 2.34. The summed E-state index contributed by atoms with van der Waals surface area (Å²) in [5.41, 5.74) is 0.651. The second-order valence-corrected chi connectivity index (χ2v) is 2.44. The molecule has 0 spiro atoms. The maximum Gasteiger partial charge on any atom is 0.277 e. The number of rotatable bonds is 0. The third kappa shape index (κ3) is 0.874. The molecule has 0 bridgehead atoms. The molecule has 0 aromatic carbocycles. The highest BCUT2D eigenvalue weighted by Gasteiger charge is 1.98. The van der Waals surface area contributed by atoms with Crippen LogP contribution < -0.4 is 5.56 Å². The van der Waals surface area contributed by atoms with Crippen LogP contribution in [0.3, 0.4) is 0 Å². The van der Waals surface area contributed by atoms with Crippen LogP contribution >= 0.6 is 12.2 Å². The highest BCUT2D eigenvalue weighted by atomic mass is 32.1. The van der Waals surface area contributed by atoms with Gasteiger partial charge in [0.2, 0.25) is 0 Å². The van der Waals surface area contributed by atoms with Crippen LogP contribution in [0.4, 0.5) is 0 Å². The van der Waals surface area contributed by atoms with Crippen LogP contribution in [-0.4, -0.2) is 19.9 Å². The van der Waals surface area contributed by atoms with E-state index in [4.69, 9.17) is 12.2 Å². The van der Waals surface area contributed by atoms with E-state index in [1.54, 1.807) is 0 Å². The number of aromatic amines is 3. The second-order valence-electron chi connectivity index (χ2n) is 2.03. The maximum absolute atomic E-state index is 11.0. The summed E-state index contributed by atoms with van der Waals surface area (Å²) in [6, 6.07) is 0. The van der Waals surface area contributed by atoms with Gasteiger partial charge in [-0.3, -0.25) is 9.78 Å². The zero-order valence-corrected chi connectivity index (χ0v) is 6.16. The number of aromatic nitrogens is 4. The van der Waals surface area contributed by atoms with Gasteiger partial charge in [0.25, 0.3) is 5.56 Å². The first-order valence-electron chi connectivity index (χ1n) is 2.93. The van der Waals surface area contributed by atoms with Gasteiger partial charge in [-0.1, -0.05) is 0 Å². The van der Waals surface area contributed by atoms with Crippen molar-refractivity contribution in [3.63, 3.8) is 0 Å². The van der Waals surface area contributed by atoms with Crippen LogP contribution in [0, 0.1) is 4.77 Å². The second kappa shape index (κ2) is 2.03. The number of imidazole rings is 1. The van der Waals surface area contributed by atoms with Crippen molar-refractivity contribution < 1.29 is 0 Å². The first-order valence-corrected chi connectivity index (χ1v) is 3.34. The Balaban J connectivity index is 3.15. The van der Waals surface area contributed by atoms with Gasteiger partial charge >= 0.3 is 0 Å². The predicted molar refractivity (Wildman–Crippen MR) is 41.9 cm³/mol. The smallest absolute Gasteiger partial charge is 0.277 e. The fourth-order valence-corrected chi connectivity index (χ4v) is 1.06. The summed E-state index contributed by atoms with van der Waals surface area (Å²) in [6.45, 7) is 0. The lowest BCUT2D eigenvalue weighted by Crippen LogP contribution is -2.07. The van der Waals surface area contributed by atoms with E-state index < -0.39 is 0 Å².